The smallest absolute Gasteiger partial charge is 0.255 e. The van der Waals surface area contributed by atoms with E-state index in [4.69, 9.17) is 0 Å². The summed E-state index contributed by atoms with van der Waals surface area (Å²) in [6.45, 7) is 8.19. The van der Waals surface area contributed by atoms with Crippen molar-refractivity contribution in [3.63, 3.8) is 0 Å². The van der Waals surface area contributed by atoms with E-state index in [1.165, 1.54) is 30.2 Å². The molecule has 2 aromatic carbocycles. The average Bonchev–Trinajstić information content (AvgIpc) is 3.10. The van der Waals surface area contributed by atoms with Crippen LogP contribution in [0.2, 0.25) is 0 Å². The molecule has 1 amide bonds. The molecule has 6 heteroatoms. The van der Waals surface area contributed by atoms with Gasteiger partial charge < -0.3 is 10.2 Å². The van der Waals surface area contributed by atoms with Gasteiger partial charge in [-0.25, -0.2) is 0 Å². The number of aromatic nitrogens is 2. The Morgan fingerprint density at radius 1 is 1.03 bits per heavy atom. The highest BCUT2D eigenvalue weighted by atomic mass is 32.2. The first-order valence-corrected chi connectivity index (χ1v) is 12.0. The molecule has 0 saturated carbocycles. The van der Waals surface area contributed by atoms with Gasteiger partial charge in [-0.3, -0.25) is 9.48 Å². The van der Waals surface area contributed by atoms with E-state index in [1.807, 2.05) is 66.7 Å². The summed E-state index contributed by atoms with van der Waals surface area (Å²) in [5.74, 6) is 2.40. The quantitative estimate of drug-likeness (QED) is 0.599. The number of aryl methyl sites for hydroxylation is 2. The third-order valence-electron chi connectivity index (χ3n) is 5.66. The number of carbonyl (C=O) groups excluding carboxylic acids is 1. The summed E-state index contributed by atoms with van der Waals surface area (Å²) in [4.78, 5) is 15.3. The van der Waals surface area contributed by atoms with Crippen molar-refractivity contribution >= 4 is 23.4 Å². The summed E-state index contributed by atoms with van der Waals surface area (Å²) < 4.78 is 1.97. The Bertz CT molecular complexity index is 1020. The maximum atomic E-state index is 12.8. The highest BCUT2D eigenvalue weighted by Gasteiger charge is 2.11. The van der Waals surface area contributed by atoms with Gasteiger partial charge in [0.2, 0.25) is 0 Å². The van der Waals surface area contributed by atoms with Crippen molar-refractivity contribution in [3.8, 4) is 0 Å². The van der Waals surface area contributed by atoms with Crippen LogP contribution in [0.25, 0.3) is 0 Å². The molecule has 2 heterocycles. The van der Waals surface area contributed by atoms with Gasteiger partial charge in [0, 0.05) is 48.1 Å². The van der Waals surface area contributed by atoms with Crippen molar-refractivity contribution in [2.24, 2.45) is 0 Å². The molecule has 5 nitrogen and oxygen atoms in total. The molecule has 31 heavy (non-hydrogen) atoms. The fourth-order valence-corrected chi connectivity index (χ4v) is 4.87. The van der Waals surface area contributed by atoms with Crippen molar-refractivity contribution < 1.29 is 4.79 Å². The average molecular weight is 435 g/mol. The van der Waals surface area contributed by atoms with E-state index in [0.29, 0.717) is 12.1 Å². The summed E-state index contributed by atoms with van der Waals surface area (Å²) in [7, 11) is 0. The van der Waals surface area contributed by atoms with E-state index in [2.05, 4.69) is 33.5 Å². The minimum atomic E-state index is -0.0891. The van der Waals surface area contributed by atoms with Crippen molar-refractivity contribution in [3.05, 3.63) is 82.7 Å². The Labute approximate surface area is 188 Å². The molecule has 0 spiro atoms. The monoisotopic (exact) mass is 434 g/mol. The molecular formula is C25H30N4OS. The molecule has 0 atom stereocenters. The molecule has 1 fully saturated rings. The van der Waals surface area contributed by atoms with Crippen LogP contribution in [-0.4, -0.2) is 51.7 Å². The lowest BCUT2D eigenvalue weighted by molar-refractivity contribution is 0.102. The number of rotatable bonds is 7. The lowest BCUT2D eigenvalue weighted by atomic mass is 10.1. The Balaban J connectivity index is 1.34. The molecular weight excluding hydrogens is 404 g/mol. The van der Waals surface area contributed by atoms with Gasteiger partial charge in [0.1, 0.15) is 0 Å². The lowest BCUT2D eigenvalue weighted by Gasteiger charge is -2.26. The summed E-state index contributed by atoms with van der Waals surface area (Å²) in [6.07, 6.45) is 1.05. The number of nitrogens with zero attached hydrogens (tertiary/aromatic N) is 3. The van der Waals surface area contributed by atoms with E-state index in [1.54, 1.807) is 0 Å². The second-order valence-corrected chi connectivity index (χ2v) is 9.36. The van der Waals surface area contributed by atoms with Gasteiger partial charge in [-0.15, -0.1) is 0 Å². The normalized spacial score (nSPS) is 14.5. The Kier molecular flexibility index (Phi) is 7.10. The predicted molar refractivity (Wildman–Crippen MR) is 129 cm³/mol. The van der Waals surface area contributed by atoms with Crippen molar-refractivity contribution in [2.45, 2.75) is 26.8 Å². The molecule has 0 aliphatic carbocycles. The van der Waals surface area contributed by atoms with Crippen LogP contribution in [0.4, 0.5) is 5.69 Å². The molecule has 1 saturated heterocycles. The fourth-order valence-electron chi connectivity index (χ4n) is 3.89. The number of benzene rings is 2. The van der Waals surface area contributed by atoms with Gasteiger partial charge in [-0.2, -0.15) is 16.9 Å². The van der Waals surface area contributed by atoms with Crippen LogP contribution >= 0.6 is 11.8 Å². The number of hydrogen-bond donors (Lipinski definition) is 1. The van der Waals surface area contributed by atoms with Crippen molar-refractivity contribution in [2.75, 3.05) is 36.5 Å². The van der Waals surface area contributed by atoms with Gasteiger partial charge in [-0.1, -0.05) is 24.3 Å². The van der Waals surface area contributed by atoms with Crippen LogP contribution in [0.5, 0.6) is 0 Å². The van der Waals surface area contributed by atoms with Gasteiger partial charge in [0.05, 0.1) is 12.2 Å². The number of amides is 1. The SMILES string of the molecule is Cc1cc(C)n(Cc2cccc(C(=O)Nc3ccc(CCN4CCSCC4)cc3)c2)n1. The third kappa shape index (κ3) is 5.99. The van der Waals surface area contributed by atoms with E-state index < -0.39 is 0 Å². The first-order chi connectivity index (χ1) is 15.1. The van der Waals surface area contributed by atoms with Crippen LogP contribution in [0.3, 0.4) is 0 Å². The first-order valence-electron chi connectivity index (χ1n) is 10.9. The molecule has 0 unspecified atom stereocenters. The number of thioether (sulfide) groups is 1. The molecule has 1 aliphatic heterocycles. The van der Waals surface area contributed by atoms with E-state index >= 15 is 0 Å². The van der Waals surface area contributed by atoms with Crippen LogP contribution in [0.15, 0.2) is 54.6 Å². The first kappa shape index (κ1) is 21.7. The highest BCUT2D eigenvalue weighted by Crippen LogP contribution is 2.15. The van der Waals surface area contributed by atoms with Crippen LogP contribution in [0, 0.1) is 13.8 Å². The minimum absolute atomic E-state index is 0.0891. The number of carbonyl (C=O) groups is 1. The number of anilines is 1. The molecule has 3 aromatic rings. The van der Waals surface area contributed by atoms with Crippen LogP contribution in [0.1, 0.15) is 32.9 Å². The van der Waals surface area contributed by atoms with Gasteiger partial charge >= 0.3 is 0 Å². The molecule has 162 valence electrons. The molecule has 0 radical (unpaired) electrons. The van der Waals surface area contributed by atoms with Crippen molar-refractivity contribution in [1.29, 1.82) is 0 Å². The molecule has 4 rings (SSSR count). The second-order valence-electron chi connectivity index (χ2n) is 8.14. The summed E-state index contributed by atoms with van der Waals surface area (Å²) in [5, 5.41) is 7.54. The Morgan fingerprint density at radius 3 is 2.52 bits per heavy atom. The zero-order valence-corrected chi connectivity index (χ0v) is 19.1. The Morgan fingerprint density at radius 2 is 1.81 bits per heavy atom. The number of nitrogens with one attached hydrogen (secondary N) is 1. The minimum Gasteiger partial charge on any atom is -0.322 e. The van der Waals surface area contributed by atoms with Crippen LogP contribution in [-0.2, 0) is 13.0 Å². The highest BCUT2D eigenvalue weighted by molar-refractivity contribution is 7.99. The standard InChI is InChI=1S/C25H30N4OS/c1-19-16-20(2)29(27-19)18-22-4-3-5-23(17-22)25(30)26-24-8-6-21(7-9-24)10-11-28-12-14-31-15-13-28/h3-9,16-17H,10-15,18H2,1-2H3,(H,26,30). The van der Waals surface area contributed by atoms with Gasteiger partial charge in [0.25, 0.3) is 5.91 Å². The lowest BCUT2D eigenvalue weighted by Crippen LogP contribution is -2.34. The Hall–Kier alpha value is -2.57. The maximum absolute atomic E-state index is 12.8. The maximum Gasteiger partial charge on any atom is 0.255 e. The van der Waals surface area contributed by atoms with E-state index in [-0.39, 0.29) is 5.91 Å². The van der Waals surface area contributed by atoms with Gasteiger partial charge in [-0.05, 0) is 61.7 Å². The predicted octanol–water partition coefficient (Wildman–Crippen LogP) is 4.39. The molecule has 0 bridgehead atoms. The van der Waals surface area contributed by atoms with Crippen LogP contribution < -0.4 is 5.32 Å². The van der Waals surface area contributed by atoms with Gasteiger partial charge in [0.15, 0.2) is 0 Å². The molecule has 1 aliphatic rings. The van der Waals surface area contributed by atoms with E-state index in [0.717, 1.165) is 35.6 Å². The van der Waals surface area contributed by atoms with E-state index in [9.17, 15) is 4.79 Å². The van der Waals surface area contributed by atoms with Crippen molar-refractivity contribution in [1.82, 2.24) is 14.7 Å². The zero-order valence-electron chi connectivity index (χ0n) is 18.3. The molecule has 1 aromatic heterocycles. The largest absolute Gasteiger partial charge is 0.322 e. The summed E-state index contributed by atoms with van der Waals surface area (Å²) in [5.41, 5.74) is 5.97. The fraction of sp³-hybridized carbons (Fsp3) is 0.360. The third-order valence-corrected chi connectivity index (χ3v) is 6.60. The second kappa shape index (κ2) is 10.2. The summed E-state index contributed by atoms with van der Waals surface area (Å²) in [6, 6.07) is 18.1. The molecule has 1 N–H and O–H groups in total. The summed E-state index contributed by atoms with van der Waals surface area (Å²) >= 11 is 2.04. The zero-order chi connectivity index (χ0) is 21.6. The topological polar surface area (TPSA) is 50.2 Å². The number of hydrogen-bond acceptors (Lipinski definition) is 4.